The molecule has 0 radical (unpaired) electrons. The number of anilines is 2. The van der Waals surface area contributed by atoms with E-state index in [-0.39, 0.29) is 29.6 Å². The second-order valence-corrected chi connectivity index (χ2v) is 7.95. The van der Waals surface area contributed by atoms with E-state index >= 15 is 0 Å². The predicted molar refractivity (Wildman–Crippen MR) is 115 cm³/mol. The smallest absolute Gasteiger partial charge is 0.255 e. The van der Waals surface area contributed by atoms with Gasteiger partial charge in [0.25, 0.3) is 5.91 Å². The quantitative estimate of drug-likeness (QED) is 0.586. The molecule has 2 aromatic rings. The summed E-state index contributed by atoms with van der Waals surface area (Å²) in [6.07, 6.45) is 4.51. The number of benzene rings is 2. The lowest BCUT2D eigenvalue weighted by molar-refractivity contribution is -0.122. The van der Waals surface area contributed by atoms with Crippen LogP contribution in [0.1, 0.15) is 23.7 Å². The number of halogens is 1. The minimum absolute atomic E-state index is 0.00646. The van der Waals surface area contributed by atoms with Gasteiger partial charge in [0.05, 0.1) is 30.3 Å². The van der Waals surface area contributed by atoms with Gasteiger partial charge in [-0.05, 0) is 48.7 Å². The first-order valence-corrected chi connectivity index (χ1v) is 10.1. The molecule has 1 saturated heterocycles. The van der Waals surface area contributed by atoms with Crippen LogP contribution in [0.4, 0.5) is 11.4 Å². The van der Waals surface area contributed by atoms with Crippen molar-refractivity contribution in [1.82, 2.24) is 0 Å². The molecule has 3 amide bonds. The van der Waals surface area contributed by atoms with Gasteiger partial charge in [0.2, 0.25) is 11.8 Å². The van der Waals surface area contributed by atoms with E-state index in [9.17, 15) is 14.4 Å². The second kappa shape index (κ2) is 7.95. The molecule has 1 aliphatic heterocycles. The van der Waals surface area contributed by atoms with E-state index in [1.54, 1.807) is 42.5 Å². The zero-order valence-corrected chi connectivity index (χ0v) is 17.3. The Morgan fingerprint density at radius 2 is 1.97 bits per heavy atom. The minimum Gasteiger partial charge on any atom is -0.495 e. The third kappa shape index (κ3) is 3.48. The summed E-state index contributed by atoms with van der Waals surface area (Å²) < 4.78 is 5.26. The highest BCUT2D eigenvalue weighted by atomic mass is 35.5. The molecule has 154 valence electrons. The van der Waals surface area contributed by atoms with Gasteiger partial charge < -0.3 is 10.1 Å². The van der Waals surface area contributed by atoms with Crippen molar-refractivity contribution in [2.75, 3.05) is 17.3 Å². The van der Waals surface area contributed by atoms with Crippen molar-refractivity contribution in [2.24, 2.45) is 17.8 Å². The molecule has 0 bridgehead atoms. The van der Waals surface area contributed by atoms with Gasteiger partial charge in [-0.2, -0.15) is 0 Å². The van der Waals surface area contributed by atoms with Crippen LogP contribution in [0.2, 0.25) is 5.02 Å². The third-order valence-corrected chi connectivity index (χ3v) is 5.88. The van der Waals surface area contributed by atoms with Crippen molar-refractivity contribution in [3.05, 3.63) is 65.2 Å². The Hall–Kier alpha value is -3.12. The lowest BCUT2D eigenvalue weighted by atomic mass is 9.78. The van der Waals surface area contributed by atoms with Gasteiger partial charge in [-0.15, -0.1) is 0 Å². The molecule has 0 spiro atoms. The van der Waals surface area contributed by atoms with Gasteiger partial charge in [0, 0.05) is 10.6 Å². The van der Waals surface area contributed by atoms with Crippen LogP contribution in [-0.2, 0) is 9.59 Å². The summed E-state index contributed by atoms with van der Waals surface area (Å²) in [7, 11) is 1.50. The number of allylic oxidation sites excluding steroid dienone is 2. The number of carbonyl (C=O) groups excluding carboxylic acids is 3. The van der Waals surface area contributed by atoms with Gasteiger partial charge in [-0.25, -0.2) is 0 Å². The summed E-state index contributed by atoms with van der Waals surface area (Å²) in [5.74, 6) is -1.04. The maximum absolute atomic E-state index is 13.0. The summed E-state index contributed by atoms with van der Waals surface area (Å²) in [4.78, 5) is 40.0. The van der Waals surface area contributed by atoms with Crippen LogP contribution in [0.25, 0.3) is 0 Å². The number of amides is 3. The Morgan fingerprint density at radius 3 is 2.70 bits per heavy atom. The number of ether oxygens (including phenoxy) is 1. The molecule has 4 rings (SSSR count). The highest BCUT2D eigenvalue weighted by Crippen LogP contribution is 2.40. The number of hydrogen-bond donors (Lipinski definition) is 1. The van der Waals surface area contributed by atoms with Crippen molar-refractivity contribution in [3.63, 3.8) is 0 Å². The SMILES string of the molecule is COc1ccc(Cl)cc1NC(=O)c1cccc(N2C(=O)[C@@H]3[C@@H](C)C=CC[C@H]3C2=O)c1. The number of hydrogen-bond acceptors (Lipinski definition) is 4. The molecule has 0 saturated carbocycles. The lowest BCUT2D eigenvalue weighted by Crippen LogP contribution is -2.31. The third-order valence-electron chi connectivity index (χ3n) is 5.65. The molecule has 30 heavy (non-hydrogen) atoms. The molecule has 2 aliphatic rings. The van der Waals surface area contributed by atoms with Crippen LogP contribution in [0.3, 0.4) is 0 Å². The number of carbonyl (C=O) groups is 3. The average molecular weight is 425 g/mol. The van der Waals surface area contributed by atoms with Crippen LogP contribution in [0.5, 0.6) is 5.75 Å². The standard InChI is InChI=1S/C23H21ClN2O4/c1-13-5-3-8-17-20(13)23(29)26(22(17)28)16-7-4-6-14(11-16)21(27)25-18-12-15(24)9-10-19(18)30-2/h3-7,9-13,17,20H,8H2,1-2H3,(H,25,27)/t13-,17+,20+/m0/s1. The maximum Gasteiger partial charge on any atom is 0.255 e. The van der Waals surface area contributed by atoms with Crippen LogP contribution in [0.15, 0.2) is 54.6 Å². The molecule has 7 heteroatoms. The van der Waals surface area contributed by atoms with Gasteiger partial charge >= 0.3 is 0 Å². The Kier molecular flexibility index (Phi) is 5.35. The molecule has 3 atom stereocenters. The van der Waals surface area contributed by atoms with E-state index in [1.807, 2.05) is 19.1 Å². The van der Waals surface area contributed by atoms with Crippen LogP contribution < -0.4 is 15.0 Å². The molecule has 1 aliphatic carbocycles. The fourth-order valence-corrected chi connectivity index (χ4v) is 4.33. The first-order chi connectivity index (χ1) is 14.4. The van der Waals surface area contributed by atoms with E-state index in [2.05, 4.69) is 5.32 Å². The molecule has 2 aromatic carbocycles. The van der Waals surface area contributed by atoms with E-state index in [4.69, 9.17) is 16.3 Å². The first-order valence-electron chi connectivity index (χ1n) is 9.70. The molecular formula is C23H21ClN2O4. The Morgan fingerprint density at radius 1 is 1.17 bits per heavy atom. The van der Waals surface area contributed by atoms with Crippen LogP contribution in [-0.4, -0.2) is 24.8 Å². The van der Waals surface area contributed by atoms with Crippen LogP contribution >= 0.6 is 11.6 Å². The van der Waals surface area contributed by atoms with E-state index in [0.717, 1.165) is 0 Å². The molecular weight excluding hydrogens is 404 g/mol. The van der Waals surface area contributed by atoms with Gasteiger partial charge in [-0.1, -0.05) is 36.7 Å². The summed E-state index contributed by atoms with van der Waals surface area (Å²) >= 11 is 6.02. The largest absolute Gasteiger partial charge is 0.495 e. The van der Waals surface area contributed by atoms with E-state index in [0.29, 0.717) is 34.1 Å². The summed E-state index contributed by atoms with van der Waals surface area (Å²) in [6.45, 7) is 1.95. The van der Waals surface area contributed by atoms with Crippen LogP contribution in [0, 0.1) is 17.8 Å². The van der Waals surface area contributed by atoms with Gasteiger partial charge in [-0.3, -0.25) is 19.3 Å². The van der Waals surface area contributed by atoms with Crippen molar-refractivity contribution in [2.45, 2.75) is 13.3 Å². The number of imide groups is 1. The topological polar surface area (TPSA) is 75.7 Å². The number of rotatable bonds is 4. The van der Waals surface area contributed by atoms with E-state index < -0.39 is 5.91 Å². The molecule has 1 heterocycles. The fraction of sp³-hybridized carbons (Fsp3) is 0.261. The number of fused-ring (bicyclic) bond motifs is 1. The summed E-state index contributed by atoms with van der Waals surface area (Å²) in [6, 6.07) is 11.4. The molecule has 1 N–H and O–H groups in total. The van der Waals surface area contributed by atoms with Crippen molar-refractivity contribution < 1.29 is 19.1 Å². The molecule has 6 nitrogen and oxygen atoms in total. The van der Waals surface area contributed by atoms with Crippen molar-refractivity contribution in [1.29, 1.82) is 0 Å². The summed E-state index contributed by atoms with van der Waals surface area (Å²) in [5.41, 5.74) is 1.15. The number of nitrogens with zero attached hydrogens (tertiary/aromatic N) is 1. The maximum atomic E-state index is 13.0. The zero-order valence-electron chi connectivity index (χ0n) is 16.6. The normalized spacial score (nSPS) is 22.8. The summed E-state index contributed by atoms with van der Waals surface area (Å²) in [5, 5.41) is 3.23. The van der Waals surface area contributed by atoms with E-state index in [1.165, 1.54) is 12.0 Å². The lowest BCUT2D eigenvalue weighted by Gasteiger charge is -2.22. The monoisotopic (exact) mass is 424 g/mol. The zero-order chi connectivity index (χ0) is 21.4. The first kappa shape index (κ1) is 20.2. The Labute approximate surface area is 179 Å². The Bertz CT molecular complexity index is 1060. The van der Waals surface area contributed by atoms with Gasteiger partial charge in [0.15, 0.2) is 0 Å². The minimum atomic E-state index is -0.399. The molecule has 0 aromatic heterocycles. The van der Waals surface area contributed by atoms with Crippen molar-refractivity contribution in [3.8, 4) is 5.75 Å². The second-order valence-electron chi connectivity index (χ2n) is 7.52. The number of methoxy groups -OCH3 is 1. The van der Waals surface area contributed by atoms with Crippen molar-refractivity contribution >= 4 is 40.7 Å². The highest BCUT2D eigenvalue weighted by Gasteiger charge is 2.50. The average Bonchev–Trinajstić information content (AvgIpc) is 2.99. The molecule has 1 fully saturated rings. The fourth-order valence-electron chi connectivity index (χ4n) is 4.16. The highest BCUT2D eigenvalue weighted by molar-refractivity contribution is 6.31. The Balaban J connectivity index is 1.61. The van der Waals surface area contributed by atoms with Gasteiger partial charge in [0.1, 0.15) is 5.75 Å². The number of nitrogens with one attached hydrogen (secondary N) is 1. The molecule has 0 unspecified atom stereocenters. The predicted octanol–water partition coefficient (Wildman–Crippen LogP) is 4.30.